The van der Waals surface area contributed by atoms with E-state index in [1.54, 1.807) is 18.2 Å². The summed E-state index contributed by atoms with van der Waals surface area (Å²) in [6.45, 7) is 3.89. The fourth-order valence-corrected chi connectivity index (χ4v) is 3.41. The van der Waals surface area contributed by atoms with Crippen LogP contribution in [0.2, 0.25) is 0 Å². The molecular weight excluding hydrogens is 355 g/mol. The third-order valence-corrected chi connectivity index (χ3v) is 5.09. The highest BCUT2D eigenvalue weighted by molar-refractivity contribution is 5.78. The van der Waals surface area contributed by atoms with Crippen molar-refractivity contribution in [3.63, 3.8) is 0 Å². The van der Waals surface area contributed by atoms with Crippen LogP contribution in [0.25, 0.3) is 0 Å². The average molecular weight is 380 g/mol. The molecule has 0 atom stereocenters. The molecule has 2 N–H and O–H groups in total. The maximum atomic E-state index is 13.2. The van der Waals surface area contributed by atoms with Gasteiger partial charge in [-0.15, -0.1) is 0 Å². The smallest absolute Gasteiger partial charge is 0.223 e. The van der Waals surface area contributed by atoms with E-state index in [4.69, 9.17) is 5.26 Å². The molecule has 0 radical (unpaired) electrons. The predicted molar refractivity (Wildman–Crippen MR) is 107 cm³/mol. The monoisotopic (exact) mass is 380 g/mol. The summed E-state index contributed by atoms with van der Waals surface area (Å²) in [7, 11) is 0. The summed E-state index contributed by atoms with van der Waals surface area (Å²) in [5, 5.41) is 15.1. The van der Waals surface area contributed by atoms with Gasteiger partial charge in [0.1, 0.15) is 5.82 Å². The highest BCUT2D eigenvalue weighted by Gasteiger charge is 2.24. The van der Waals surface area contributed by atoms with Crippen LogP contribution in [0.15, 0.2) is 48.5 Å². The molecule has 3 rings (SSSR count). The number of anilines is 1. The lowest BCUT2D eigenvalue weighted by Gasteiger charge is -2.31. The second kappa shape index (κ2) is 9.86. The standard InChI is InChI=1S/C22H25FN4O/c23-20-2-1-3-21(14-20)25-10-13-27-11-8-19(9-12-27)22(28)26-16-18-6-4-17(15-24)5-7-18/h1-7,14,19,25H,8-13,16H2,(H,26,28). The number of nitriles is 1. The van der Waals surface area contributed by atoms with E-state index in [0.29, 0.717) is 12.1 Å². The Bertz CT molecular complexity index is 823. The van der Waals surface area contributed by atoms with Crippen molar-refractivity contribution in [1.29, 1.82) is 5.26 Å². The first-order valence-electron chi connectivity index (χ1n) is 9.62. The Hall–Kier alpha value is -2.91. The molecule has 1 aliphatic rings. The number of carbonyl (C=O) groups excluding carboxylic acids is 1. The molecule has 1 aliphatic heterocycles. The SMILES string of the molecule is N#Cc1ccc(CNC(=O)C2CCN(CCNc3cccc(F)c3)CC2)cc1. The zero-order valence-corrected chi connectivity index (χ0v) is 15.8. The van der Waals surface area contributed by atoms with Gasteiger partial charge in [0, 0.05) is 31.2 Å². The van der Waals surface area contributed by atoms with Gasteiger partial charge in [0.15, 0.2) is 0 Å². The van der Waals surface area contributed by atoms with E-state index in [0.717, 1.165) is 50.3 Å². The summed E-state index contributed by atoms with van der Waals surface area (Å²) in [5.74, 6) is -0.0921. The number of nitrogens with one attached hydrogen (secondary N) is 2. The van der Waals surface area contributed by atoms with Crippen LogP contribution in [0.3, 0.4) is 0 Å². The number of hydrogen-bond donors (Lipinski definition) is 2. The molecule has 2 aromatic rings. The van der Waals surface area contributed by atoms with Gasteiger partial charge in [0.2, 0.25) is 5.91 Å². The highest BCUT2D eigenvalue weighted by atomic mass is 19.1. The molecule has 28 heavy (non-hydrogen) atoms. The molecule has 1 fully saturated rings. The van der Waals surface area contributed by atoms with Crippen LogP contribution in [0.5, 0.6) is 0 Å². The Morgan fingerprint density at radius 3 is 2.61 bits per heavy atom. The molecule has 1 heterocycles. The molecule has 0 bridgehead atoms. The molecule has 0 aromatic heterocycles. The fraction of sp³-hybridized carbons (Fsp3) is 0.364. The number of nitrogens with zero attached hydrogens (tertiary/aromatic N) is 2. The van der Waals surface area contributed by atoms with Crippen LogP contribution < -0.4 is 10.6 Å². The van der Waals surface area contributed by atoms with Crippen LogP contribution in [-0.4, -0.2) is 37.0 Å². The molecule has 0 aliphatic carbocycles. The number of rotatable bonds is 7. The molecule has 0 unspecified atom stereocenters. The van der Waals surface area contributed by atoms with Crippen molar-refractivity contribution in [3.8, 4) is 6.07 Å². The van der Waals surface area contributed by atoms with Crippen LogP contribution in [0.1, 0.15) is 24.0 Å². The van der Waals surface area contributed by atoms with Gasteiger partial charge < -0.3 is 15.5 Å². The van der Waals surface area contributed by atoms with Gasteiger partial charge in [-0.1, -0.05) is 18.2 Å². The van der Waals surface area contributed by atoms with Crippen LogP contribution in [-0.2, 0) is 11.3 Å². The first-order valence-corrected chi connectivity index (χ1v) is 9.62. The largest absolute Gasteiger partial charge is 0.384 e. The van der Waals surface area contributed by atoms with Crippen molar-refractivity contribution in [1.82, 2.24) is 10.2 Å². The zero-order chi connectivity index (χ0) is 19.8. The van der Waals surface area contributed by atoms with Gasteiger partial charge in [0.25, 0.3) is 0 Å². The van der Waals surface area contributed by atoms with E-state index >= 15 is 0 Å². The van der Waals surface area contributed by atoms with Crippen molar-refractivity contribution in [2.75, 3.05) is 31.5 Å². The minimum absolute atomic E-state index is 0.0470. The Morgan fingerprint density at radius 1 is 1.18 bits per heavy atom. The molecule has 1 amide bonds. The Kier molecular flexibility index (Phi) is 6.99. The van der Waals surface area contributed by atoms with Gasteiger partial charge in [0.05, 0.1) is 11.6 Å². The van der Waals surface area contributed by atoms with Crippen molar-refractivity contribution in [2.24, 2.45) is 5.92 Å². The minimum atomic E-state index is -0.238. The van der Waals surface area contributed by atoms with Crippen molar-refractivity contribution in [3.05, 3.63) is 65.5 Å². The van der Waals surface area contributed by atoms with Crippen LogP contribution in [0, 0.1) is 23.1 Å². The number of hydrogen-bond acceptors (Lipinski definition) is 4. The second-order valence-electron chi connectivity index (χ2n) is 7.08. The van der Waals surface area contributed by atoms with E-state index in [-0.39, 0.29) is 17.6 Å². The normalized spacial score (nSPS) is 15.0. The first-order chi connectivity index (χ1) is 13.6. The summed E-state index contributed by atoms with van der Waals surface area (Å²) < 4.78 is 13.2. The summed E-state index contributed by atoms with van der Waals surface area (Å²) in [6.07, 6.45) is 1.69. The molecule has 0 spiro atoms. The van der Waals surface area contributed by atoms with Gasteiger partial charge in [-0.2, -0.15) is 5.26 Å². The summed E-state index contributed by atoms with van der Waals surface area (Å²) >= 11 is 0. The molecule has 6 heteroatoms. The maximum Gasteiger partial charge on any atom is 0.223 e. The Morgan fingerprint density at radius 2 is 1.93 bits per heavy atom. The van der Waals surface area contributed by atoms with Gasteiger partial charge in [-0.05, 0) is 61.8 Å². The van der Waals surface area contributed by atoms with E-state index < -0.39 is 0 Å². The molecule has 1 saturated heterocycles. The number of halogens is 1. The Labute approximate surface area is 165 Å². The topological polar surface area (TPSA) is 68.2 Å². The molecule has 2 aromatic carbocycles. The maximum absolute atomic E-state index is 13.2. The lowest BCUT2D eigenvalue weighted by Crippen LogP contribution is -2.41. The number of amides is 1. The minimum Gasteiger partial charge on any atom is -0.384 e. The van der Waals surface area contributed by atoms with Gasteiger partial charge >= 0.3 is 0 Å². The van der Waals surface area contributed by atoms with Crippen molar-refractivity contribution >= 4 is 11.6 Å². The first kappa shape index (κ1) is 19.8. The Balaban J connectivity index is 1.34. The fourth-order valence-electron chi connectivity index (χ4n) is 3.41. The molecular formula is C22H25FN4O. The third kappa shape index (κ3) is 5.80. The van der Waals surface area contributed by atoms with E-state index in [2.05, 4.69) is 21.6 Å². The number of carbonyl (C=O) groups is 1. The molecule has 0 saturated carbocycles. The quantitative estimate of drug-likeness (QED) is 0.774. The third-order valence-electron chi connectivity index (χ3n) is 5.09. The van der Waals surface area contributed by atoms with Crippen LogP contribution in [0.4, 0.5) is 10.1 Å². The average Bonchev–Trinajstić information content (AvgIpc) is 2.73. The number of piperidine rings is 1. The second-order valence-corrected chi connectivity index (χ2v) is 7.08. The number of benzene rings is 2. The van der Waals surface area contributed by atoms with E-state index in [9.17, 15) is 9.18 Å². The summed E-state index contributed by atoms with van der Waals surface area (Å²) in [6, 6.07) is 15.8. The zero-order valence-electron chi connectivity index (χ0n) is 15.8. The van der Waals surface area contributed by atoms with E-state index in [1.807, 2.05) is 18.2 Å². The van der Waals surface area contributed by atoms with Crippen LogP contribution >= 0.6 is 0 Å². The highest BCUT2D eigenvalue weighted by Crippen LogP contribution is 2.17. The van der Waals surface area contributed by atoms with Gasteiger partial charge in [-0.3, -0.25) is 4.79 Å². The predicted octanol–water partition coefficient (Wildman–Crippen LogP) is 3.14. The van der Waals surface area contributed by atoms with Crippen molar-refractivity contribution in [2.45, 2.75) is 19.4 Å². The number of likely N-dealkylation sites (tertiary alicyclic amines) is 1. The summed E-state index contributed by atoms with van der Waals surface area (Å²) in [4.78, 5) is 14.7. The summed E-state index contributed by atoms with van der Waals surface area (Å²) in [5.41, 5.74) is 2.40. The molecule has 146 valence electrons. The lowest BCUT2D eigenvalue weighted by atomic mass is 9.96. The lowest BCUT2D eigenvalue weighted by molar-refractivity contribution is -0.126. The van der Waals surface area contributed by atoms with E-state index in [1.165, 1.54) is 12.1 Å². The van der Waals surface area contributed by atoms with Crippen molar-refractivity contribution < 1.29 is 9.18 Å². The molecule has 5 nitrogen and oxygen atoms in total. The van der Waals surface area contributed by atoms with Gasteiger partial charge in [-0.25, -0.2) is 4.39 Å².